The minimum Gasteiger partial charge on any atom is -0.455 e. The van der Waals surface area contributed by atoms with E-state index in [4.69, 9.17) is 9.47 Å². The van der Waals surface area contributed by atoms with Gasteiger partial charge in [0, 0.05) is 88.6 Å². The van der Waals surface area contributed by atoms with Gasteiger partial charge in [-0.25, -0.2) is 0 Å². The van der Waals surface area contributed by atoms with E-state index < -0.39 is 21.7 Å². The monoisotopic (exact) mass is 1900 g/mol. The van der Waals surface area contributed by atoms with Crippen LogP contribution >= 0.6 is 0 Å². The molecule has 2 heterocycles. The van der Waals surface area contributed by atoms with E-state index >= 15 is 0 Å². The Morgan fingerprint density at radius 3 is 0.820 bits per heavy atom. The first-order valence-corrected chi connectivity index (χ1v) is 52.9. The molecule has 4 spiro atoms. The first kappa shape index (κ1) is 82.8. The lowest BCUT2D eigenvalue weighted by Crippen LogP contribution is -2.32. The smallest absolute Gasteiger partial charge is 0.140 e. The van der Waals surface area contributed by atoms with Crippen molar-refractivity contribution in [3.8, 4) is 123 Å². The van der Waals surface area contributed by atoms with Crippen molar-refractivity contribution < 1.29 is 9.47 Å². The number of anilines is 6. The molecule has 24 aromatic rings. The van der Waals surface area contributed by atoms with Crippen molar-refractivity contribution in [2.24, 2.45) is 0 Å². The van der Waals surface area contributed by atoms with Crippen LogP contribution in [0.1, 0.15) is 139 Å². The predicted octanol–water partition coefficient (Wildman–Crippen LogP) is 37.1. The Labute approximate surface area is 870 Å². The van der Waals surface area contributed by atoms with E-state index in [-0.39, 0.29) is 10.8 Å². The highest BCUT2D eigenvalue weighted by molar-refractivity contribution is 6.09. The minimum atomic E-state index is -0.888. The Balaban J connectivity index is 0.558. The molecule has 4 heteroatoms. The summed E-state index contributed by atoms with van der Waals surface area (Å²) in [5.74, 6) is 3.52. The van der Waals surface area contributed by atoms with Gasteiger partial charge in [0.25, 0.3) is 0 Å². The van der Waals surface area contributed by atoms with Gasteiger partial charge in [-0.3, -0.25) is 0 Å². The van der Waals surface area contributed by atoms with Crippen LogP contribution in [0, 0.1) is 0 Å². The Kier molecular flexibility index (Phi) is 16.2. The first-order valence-electron chi connectivity index (χ1n) is 52.9. The van der Waals surface area contributed by atoms with Crippen LogP contribution in [0.2, 0.25) is 0 Å². The maximum Gasteiger partial charge on any atom is 0.140 e. The van der Waals surface area contributed by atoms with Gasteiger partial charge in [-0.2, -0.15) is 0 Å². The third-order valence-electron chi connectivity index (χ3n) is 36.8. The molecule has 10 aliphatic rings. The molecule has 34 rings (SSSR count). The molecule has 0 fully saturated rings. The maximum absolute atomic E-state index is 8.05. The fraction of sp³-hybridized carbons (Fsp3) is 0.0685. The van der Waals surface area contributed by atoms with E-state index in [0.717, 1.165) is 134 Å². The third kappa shape index (κ3) is 10.2. The normalized spacial score (nSPS) is 16.6. The number of benzene rings is 24. The van der Waals surface area contributed by atoms with Crippen LogP contribution in [0.5, 0.6) is 23.0 Å². The molecule has 0 N–H and O–H groups in total. The summed E-state index contributed by atoms with van der Waals surface area (Å²) in [6.45, 7) is 9.57. The molecule has 2 atom stereocenters. The highest BCUT2D eigenvalue weighted by Crippen LogP contribution is 2.72. The molecule has 8 aliphatic carbocycles. The van der Waals surface area contributed by atoms with E-state index in [2.05, 4.69) is 523 Å². The van der Waals surface area contributed by atoms with Crippen LogP contribution in [0.25, 0.3) is 143 Å². The molecule has 150 heavy (non-hydrogen) atoms. The zero-order valence-electron chi connectivity index (χ0n) is 82.9. The van der Waals surface area contributed by atoms with Crippen molar-refractivity contribution in [3.05, 3.63) is 597 Å². The molecule has 698 valence electrons. The second-order valence-corrected chi connectivity index (χ2v) is 44.0. The first-order chi connectivity index (χ1) is 73.9. The molecule has 2 aliphatic heterocycles. The lowest BCUT2D eigenvalue weighted by Gasteiger charge is -2.40. The van der Waals surface area contributed by atoms with E-state index in [1.807, 2.05) is 0 Å². The van der Waals surface area contributed by atoms with Crippen LogP contribution in [0.15, 0.2) is 485 Å². The fourth-order valence-electron chi connectivity index (χ4n) is 30.6. The van der Waals surface area contributed by atoms with Crippen molar-refractivity contribution in [3.63, 3.8) is 0 Å². The summed E-state index contributed by atoms with van der Waals surface area (Å²) in [7, 11) is 0. The maximum atomic E-state index is 8.05. The van der Waals surface area contributed by atoms with Gasteiger partial charge in [-0.05, 0) is 284 Å². The topological polar surface area (TPSA) is 24.9 Å². The number of fused-ring (bicyclic) bond motifs is 52. The summed E-state index contributed by atoms with van der Waals surface area (Å²) in [6.07, 6.45) is 0. The summed E-state index contributed by atoms with van der Waals surface area (Å²) in [4.78, 5) is 5.21. The molecule has 0 bridgehead atoms. The highest BCUT2D eigenvalue weighted by Gasteiger charge is 2.59. The van der Waals surface area contributed by atoms with E-state index in [9.17, 15) is 0 Å². The number of nitrogens with zero attached hydrogens (tertiary/aromatic N) is 2. The fourth-order valence-corrected chi connectivity index (χ4v) is 30.6. The van der Waals surface area contributed by atoms with Crippen LogP contribution in [0.4, 0.5) is 34.1 Å². The molecule has 0 saturated heterocycles. The summed E-state index contributed by atoms with van der Waals surface area (Å²) >= 11 is 0. The van der Waals surface area contributed by atoms with Crippen LogP contribution in [-0.2, 0) is 32.5 Å². The molecule has 4 nitrogen and oxygen atoms in total. The average molecular weight is 1910 g/mol. The molecule has 0 radical (unpaired) electrons. The van der Waals surface area contributed by atoms with Gasteiger partial charge < -0.3 is 19.3 Å². The van der Waals surface area contributed by atoms with E-state index in [0.29, 0.717) is 0 Å². The zero-order chi connectivity index (χ0) is 98.5. The Hall–Kier alpha value is -18.5. The Morgan fingerprint density at radius 2 is 0.400 bits per heavy atom. The van der Waals surface area contributed by atoms with Crippen LogP contribution < -0.4 is 19.3 Å². The second kappa shape index (κ2) is 29.3. The molecular formula is C146H92N2O2. The summed E-state index contributed by atoms with van der Waals surface area (Å²) in [5.41, 5.74) is 50.2. The molecular weight excluding hydrogens is 1810 g/mol. The van der Waals surface area contributed by atoms with E-state index in [1.54, 1.807) is 0 Å². The number of hydrogen-bond acceptors (Lipinski definition) is 4. The van der Waals surface area contributed by atoms with Gasteiger partial charge in [-0.1, -0.05) is 434 Å². The summed E-state index contributed by atoms with van der Waals surface area (Å²) < 4.78 is 15.6. The van der Waals surface area contributed by atoms with Crippen molar-refractivity contribution >= 4 is 77.2 Å². The van der Waals surface area contributed by atoms with Gasteiger partial charge in [0.05, 0.1) is 27.3 Å². The van der Waals surface area contributed by atoms with E-state index in [1.165, 1.54) is 178 Å². The van der Waals surface area contributed by atoms with Crippen molar-refractivity contribution in [2.75, 3.05) is 9.80 Å². The van der Waals surface area contributed by atoms with Gasteiger partial charge in [-0.15, -0.1) is 0 Å². The molecule has 0 amide bonds. The zero-order valence-corrected chi connectivity index (χ0v) is 82.9. The predicted molar refractivity (Wildman–Crippen MR) is 614 cm³/mol. The van der Waals surface area contributed by atoms with Gasteiger partial charge in [0.2, 0.25) is 0 Å². The van der Waals surface area contributed by atoms with Gasteiger partial charge in [0.1, 0.15) is 23.0 Å². The quantitative estimate of drug-likeness (QED) is 0.159. The van der Waals surface area contributed by atoms with Gasteiger partial charge >= 0.3 is 0 Å². The summed E-state index contributed by atoms with van der Waals surface area (Å²) in [6, 6.07) is 187. The van der Waals surface area contributed by atoms with Crippen LogP contribution in [0.3, 0.4) is 0 Å². The second-order valence-electron chi connectivity index (χ2n) is 44.0. The van der Waals surface area contributed by atoms with Crippen LogP contribution in [-0.4, -0.2) is 0 Å². The largest absolute Gasteiger partial charge is 0.455 e. The van der Waals surface area contributed by atoms with Gasteiger partial charge in [0.15, 0.2) is 0 Å². The lowest BCUT2D eigenvalue weighted by atomic mass is 9.65. The number of rotatable bonds is 7. The Bertz CT molecular complexity index is 10200. The SMILES string of the molecule is CC1(C)c2ccccc2-c2cc(N(c3ccc4c(c3)C3(c5ccccc5-c5ccccc53)c3ccccc3-4)c3ccc4c(c3)C3(c5ccccc5-4)c4ccc5ccccc5c4Oc4c3ccc3ccc(-c5ccc6c(c5)-c5ccccc5C65c6ccccc6-c6c(N(c7ccc8c(c7)-c7ccccc7C8(C)C)c7ccc8c(c7)C7(c9ccccc9-8)c8ccc9ccccc9c8Oc8c7ccc7ccccc87)cccc65)cc43)ccc21. The molecule has 24 aromatic carbocycles. The lowest BCUT2D eigenvalue weighted by molar-refractivity contribution is 0.447. The van der Waals surface area contributed by atoms with Crippen molar-refractivity contribution in [1.82, 2.24) is 0 Å². The standard InChI is InChI=1S/C146H92N2O2/c1-141(2)115-45-20-11-41-104(115)113-80-91(66-76-117(113)141)147(93-63-68-107-101-38-15-24-49-121(101)144(132(107)82-93)119-47-22-13-36-99(119)100-37-14-23-48-120(100)144)94-64-69-108-102-39-17-26-51-123(102)146(133(108)83-94)130-74-60-87-32-7-10-35-98(87)139(130)150-140-111-78-89(57-56-88(111)61-75-131(140)146)90-62-71-126-112(79-90)106-43-18-27-52-124(106)143(126)125-53-28-19-44-110(125)136-127(143)54-29-55-135(136)148(92-67-77-118-114(81-92)105-42-12-21-46-116(105)142(118,3)4)95-65-70-109-103-40-16-25-50-122(103)145(134(109)84-95)128-72-58-85-30-5-8-33-96(85)137(128)149-138-97-34-9-6-31-86(97)59-73-129(138)145/h5-84H,1-4H3. The van der Waals surface area contributed by atoms with Crippen molar-refractivity contribution in [1.29, 1.82) is 0 Å². The van der Waals surface area contributed by atoms with Crippen molar-refractivity contribution in [2.45, 2.75) is 60.2 Å². The highest BCUT2D eigenvalue weighted by atomic mass is 16.5. The third-order valence-corrected chi connectivity index (χ3v) is 36.8. The number of ether oxygens (including phenoxy) is 2. The molecule has 2 unspecified atom stereocenters. The minimum absolute atomic E-state index is 0.201. The number of hydrogen-bond donors (Lipinski definition) is 0. The molecule has 0 saturated carbocycles. The molecule has 0 aromatic heterocycles. The Morgan fingerprint density at radius 1 is 0.153 bits per heavy atom. The average Bonchev–Trinajstić information content (AvgIpc) is 1.49. The summed E-state index contributed by atoms with van der Waals surface area (Å²) in [5, 5.41) is 8.80.